The maximum absolute atomic E-state index is 5.71. The average Bonchev–Trinajstić information content (AvgIpc) is 3.02. The van der Waals surface area contributed by atoms with Gasteiger partial charge in [0.2, 0.25) is 0 Å². The van der Waals surface area contributed by atoms with E-state index in [0.717, 1.165) is 17.3 Å². The van der Waals surface area contributed by atoms with E-state index < -0.39 is 6.89 Å². The molecule has 0 radical (unpaired) electrons. The van der Waals surface area contributed by atoms with E-state index in [4.69, 9.17) is 12.2 Å². The number of hydrogen-bond donors (Lipinski definition) is 1. The molecule has 2 atom stereocenters. The van der Waals surface area contributed by atoms with Gasteiger partial charge in [-0.05, 0) is 24.8 Å². The minimum Gasteiger partial charge on any atom is -0.379 e. The SMILES string of the molecule is CNC(=S)P1(c2ccccc2)=CC(C2=CC=CC=[C+]2)CC1.[Zr]. The molecule has 22 heavy (non-hydrogen) atoms. The van der Waals surface area contributed by atoms with E-state index in [9.17, 15) is 0 Å². The molecule has 0 bridgehead atoms. The first kappa shape index (κ1) is 17.8. The van der Waals surface area contributed by atoms with Gasteiger partial charge >= 0.3 is 0 Å². The van der Waals surface area contributed by atoms with Crippen molar-refractivity contribution in [3.05, 3.63) is 66.3 Å². The Morgan fingerprint density at radius 2 is 2.05 bits per heavy atom. The second kappa shape index (κ2) is 7.80. The van der Waals surface area contributed by atoms with Gasteiger partial charge in [-0.1, -0.05) is 48.3 Å². The first-order valence-corrected chi connectivity index (χ1v) is 9.70. The summed E-state index contributed by atoms with van der Waals surface area (Å²) in [5.41, 5.74) is 1.29. The minimum atomic E-state index is -1.54. The van der Waals surface area contributed by atoms with Gasteiger partial charge in [-0.2, -0.15) is 0 Å². The van der Waals surface area contributed by atoms with Gasteiger partial charge in [0.25, 0.3) is 0 Å². The van der Waals surface area contributed by atoms with E-state index in [-0.39, 0.29) is 26.2 Å². The van der Waals surface area contributed by atoms with Crippen molar-refractivity contribution in [1.29, 1.82) is 0 Å². The maximum atomic E-state index is 5.71. The Labute approximate surface area is 157 Å². The van der Waals surface area contributed by atoms with Crippen LogP contribution in [0.4, 0.5) is 0 Å². The molecule has 1 nitrogen and oxygen atoms in total. The summed E-state index contributed by atoms with van der Waals surface area (Å²) in [4.78, 5) is 0. The summed E-state index contributed by atoms with van der Waals surface area (Å²) in [7, 11) is 1.95. The van der Waals surface area contributed by atoms with Crippen LogP contribution in [0.25, 0.3) is 0 Å². The van der Waals surface area contributed by atoms with Crippen LogP contribution in [0.5, 0.6) is 0 Å². The molecule has 0 amide bonds. The predicted octanol–water partition coefficient (Wildman–Crippen LogP) is 3.51. The Balaban J connectivity index is 0.00000176. The van der Waals surface area contributed by atoms with Crippen LogP contribution in [-0.2, 0) is 26.2 Å². The third kappa shape index (κ3) is 3.34. The van der Waals surface area contributed by atoms with E-state index in [2.05, 4.69) is 59.7 Å². The Morgan fingerprint density at radius 1 is 1.27 bits per heavy atom. The van der Waals surface area contributed by atoms with Crippen molar-refractivity contribution in [3.8, 4) is 0 Å². The fourth-order valence-corrected chi connectivity index (χ4v) is 7.71. The summed E-state index contributed by atoms with van der Waals surface area (Å²) < 4.78 is 1.02. The summed E-state index contributed by atoms with van der Waals surface area (Å²) in [5.74, 6) is 2.98. The molecule has 0 spiro atoms. The number of benzene rings is 1. The summed E-state index contributed by atoms with van der Waals surface area (Å²) in [6.45, 7) is -1.54. The van der Waals surface area contributed by atoms with Crippen molar-refractivity contribution in [2.75, 3.05) is 13.2 Å². The van der Waals surface area contributed by atoms with Crippen molar-refractivity contribution < 1.29 is 26.2 Å². The summed E-state index contributed by atoms with van der Waals surface area (Å²) in [6, 6.07) is 10.8. The zero-order valence-corrected chi connectivity index (χ0v) is 16.8. The van der Waals surface area contributed by atoms with E-state index >= 15 is 0 Å². The van der Waals surface area contributed by atoms with Gasteiger partial charge in [0.15, 0.2) is 0 Å². The molecular weight excluding hydrogens is 384 g/mol. The van der Waals surface area contributed by atoms with E-state index in [1.54, 1.807) is 0 Å². The molecule has 0 aromatic heterocycles. The molecule has 1 aliphatic carbocycles. The summed E-state index contributed by atoms with van der Waals surface area (Å²) >= 11 is 5.71. The molecule has 0 fully saturated rings. The third-order valence-electron chi connectivity index (χ3n) is 4.15. The van der Waals surface area contributed by atoms with Gasteiger partial charge < -0.3 is 5.32 Å². The topological polar surface area (TPSA) is 12.0 Å². The minimum absolute atomic E-state index is 0. The molecule has 2 unspecified atom stereocenters. The van der Waals surface area contributed by atoms with Crippen LogP contribution >= 0.6 is 19.1 Å². The van der Waals surface area contributed by atoms with Gasteiger partial charge in [0, 0.05) is 57.4 Å². The largest absolute Gasteiger partial charge is 0.379 e. The van der Waals surface area contributed by atoms with Crippen LogP contribution in [0.15, 0.2) is 60.2 Å². The molecule has 1 aliphatic heterocycles. The number of nitrogens with one attached hydrogen (secondary N) is 1. The van der Waals surface area contributed by atoms with Gasteiger partial charge in [0.1, 0.15) is 16.4 Å². The average molecular weight is 404 g/mol. The number of thiocarbonyl (C=S) groups is 1. The van der Waals surface area contributed by atoms with Crippen LogP contribution in [0.3, 0.4) is 0 Å². The first-order valence-electron chi connectivity index (χ1n) is 7.24. The van der Waals surface area contributed by atoms with Crippen LogP contribution in [0.2, 0.25) is 0 Å². The van der Waals surface area contributed by atoms with Gasteiger partial charge in [-0.25, -0.2) is 0 Å². The quantitative estimate of drug-likeness (QED) is 0.471. The Kier molecular flexibility index (Phi) is 6.30. The van der Waals surface area contributed by atoms with Gasteiger partial charge in [0.05, 0.1) is 6.08 Å². The molecule has 1 N–H and O–H groups in total. The standard InChI is InChI=1S/C18H18NPS.Zr/c1-19-18(21)20(17-10-6-3-7-11-17)13-12-16(14-20)15-8-4-2-5-9-15;/h2-8,10-11,14,16H,12-13H2,1H3;/p+1. The Hall–Kier alpha value is -0.577. The molecule has 1 heterocycles. The second-order valence-electron chi connectivity index (χ2n) is 5.35. The molecule has 110 valence electrons. The molecule has 0 saturated heterocycles. The van der Waals surface area contributed by atoms with E-state index in [1.807, 2.05) is 19.2 Å². The van der Waals surface area contributed by atoms with Crippen molar-refractivity contribution >= 4 is 34.9 Å². The zero-order chi connectivity index (χ0) is 14.7. The first-order chi connectivity index (χ1) is 10.3. The summed E-state index contributed by atoms with van der Waals surface area (Å²) in [5, 5.41) is 4.65. The number of hydrogen-bond acceptors (Lipinski definition) is 1. The number of allylic oxidation sites excluding steroid dienone is 6. The maximum Gasteiger partial charge on any atom is 0.122 e. The normalized spacial score (nSPS) is 25.5. The van der Waals surface area contributed by atoms with E-state index in [1.165, 1.54) is 10.9 Å². The van der Waals surface area contributed by atoms with Crippen molar-refractivity contribution in [3.63, 3.8) is 0 Å². The van der Waals surface area contributed by atoms with Crippen LogP contribution in [0, 0.1) is 12.0 Å². The predicted molar refractivity (Wildman–Crippen MR) is 98.7 cm³/mol. The molecule has 1 aromatic carbocycles. The third-order valence-corrected chi connectivity index (χ3v) is 9.34. The fraction of sp³-hybridized carbons (Fsp3) is 0.222. The van der Waals surface area contributed by atoms with Crippen LogP contribution < -0.4 is 10.6 Å². The summed E-state index contributed by atoms with van der Waals surface area (Å²) in [6.07, 6.45) is 14.0. The van der Waals surface area contributed by atoms with Crippen molar-refractivity contribution in [2.24, 2.45) is 5.92 Å². The molecule has 0 saturated carbocycles. The Morgan fingerprint density at radius 3 is 2.68 bits per heavy atom. The van der Waals surface area contributed by atoms with Crippen molar-refractivity contribution in [2.45, 2.75) is 6.42 Å². The second-order valence-corrected chi connectivity index (χ2v) is 9.50. The monoisotopic (exact) mass is 402 g/mol. The molecule has 4 heteroatoms. The van der Waals surface area contributed by atoms with Gasteiger partial charge in [-0.15, -0.1) is 0 Å². The van der Waals surface area contributed by atoms with Crippen LogP contribution in [0.1, 0.15) is 6.42 Å². The molecule has 3 rings (SSSR count). The van der Waals surface area contributed by atoms with Crippen LogP contribution in [-0.4, -0.2) is 23.7 Å². The molecular formula is C18H19NPSZr+. The smallest absolute Gasteiger partial charge is 0.122 e. The Bertz CT molecular complexity index is 688. The zero-order valence-electron chi connectivity index (χ0n) is 12.6. The van der Waals surface area contributed by atoms with E-state index in [0.29, 0.717) is 5.92 Å². The number of rotatable bonds is 3. The van der Waals surface area contributed by atoms with Gasteiger partial charge in [-0.3, -0.25) is 0 Å². The van der Waals surface area contributed by atoms with Crippen molar-refractivity contribution in [1.82, 2.24) is 5.32 Å². The molecule has 1 aromatic rings. The molecule has 2 aliphatic rings. The fourth-order valence-electron chi connectivity index (χ4n) is 3.07.